The molecule has 18 heavy (non-hydrogen) atoms. The molecular weight excluding hydrogens is 342 g/mol. The van der Waals surface area contributed by atoms with Crippen LogP contribution in [0.3, 0.4) is 0 Å². The summed E-state index contributed by atoms with van der Waals surface area (Å²) in [6.07, 6.45) is -0.181. The third-order valence-corrected chi connectivity index (χ3v) is 6.53. The number of sulfonamides is 1. The van der Waals surface area contributed by atoms with Crippen molar-refractivity contribution < 1.29 is 18.3 Å². The summed E-state index contributed by atoms with van der Waals surface area (Å²) < 4.78 is 31.4. The van der Waals surface area contributed by atoms with Crippen molar-refractivity contribution in [2.24, 2.45) is 0 Å². The lowest BCUT2D eigenvalue weighted by Crippen LogP contribution is -2.33. The van der Waals surface area contributed by atoms with Crippen LogP contribution in [0.1, 0.15) is 11.8 Å². The Morgan fingerprint density at radius 2 is 2.22 bits per heavy atom. The Bertz CT molecular complexity index is 500. The molecule has 1 unspecified atom stereocenters. The second-order valence-electron chi connectivity index (χ2n) is 3.84. The molecule has 0 saturated carbocycles. The first-order valence-electron chi connectivity index (χ1n) is 5.21. The highest BCUT2D eigenvalue weighted by molar-refractivity contribution is 9.11. The zero-order valence-electron chi connectivity index (χ0n) is 10.4. The van der Waals surface area contributed by atoms with Crippen molar-refractivity contribution in [2.45, 2.75) is 24.5 Å². The highest BCUT2D eigenvalue weighted by Gasteiger charge is 2.26. The van der Waals surface area contributed by atoms with Crippen LogP contribution < -0.4 is 0 Å². The van der Waals surface area contributed by atoms with Gasteiger partial charge in [0.05, 0.1) is 16.5 Å². The molecule has 1 heterocycles. The van der Waals surface area contributed by atoms with E-state index in [0.717, 1.165) is 0 Å². The molecule has 1 atom stereocenters. The van der Waals surface area contributed by atoms with Crippen molar-refractivity contribution in [3.8, 4) is 0 Å². The maximum absolute atomic E-state index is 12.3. The molecule has 0 fully saturated rings. The summed E-state index contributed by atoms with van der Waals surface area (Å²) in [5.41, 5.74) is 0. The van der Waals surface area contributed by atoms with E-state index >= 15 is 0 Å². The molecule has 104 valence electrons. The van der Waals surface area contributed by atoms with Crippen LogP contribution in [-0.2, 0) is 21.4 Å². The first-order chi connectivity index (χ1) is 8.32. The van der Waals surface area contributed by atoms with E-state index in [4.69, 9.17) is 9.84 Å². The van der Waals surface area contributed by atoms with Crippen molar-refractivity contribution in [3.05, 3.63) is 14.7 Å². The summed E-state index contributed by atoms with van der Waals surface area (Å²) in [5, 5.41) is 9.02. The first-order valence-corrected chi connectivity index (χ1v) is 8.26. The van der Waals surface area contributed by atoms with Gasteiger partial charge in [0.1, 0.15) is 4.90 Å². The molecule has 0 aliphatic heterocycles. The number of thiophene rings is 1. The van der Waals surface area contributed by atoms with Gasteiger partial charge in [0.15, 0.2) is 0 Å². The molecule has 0 spiro atoms. The molecule has 0 aliphatic rings. The smallest absolute Gasteiger partial charge is 0.244 e. The van der Waals surface area contributed by atoms with E-state index in [1.165, 1.54) is 35.9 Å². The largest absolute Gasteiger partial charge is 0.391 e. The molecule has 0 aliphatic carbocycles. The van der Waals surface area contributed by atoms with E-state index in [1.54, 1.807) is 6.92 Å². The van der Waals surface area contributed by atoms with E-state index < -0.39 is 10.0 Å². The minimum atomic E-state index is -3.56. The minimum Gasteiger partial charge on any atom is -0.391 e. The molecule has 1 rings (SSSR count). The molecule has 0 aromatic carbocycles. The third kappa shape index (κ3) is 3.52. The Kier molecular flexibility index (Phi) is 5.75. The van der Waals surface area contributed by atoms with Gasteiger partial charge in [-0.3, -0.25) is 0 Å². The van der Waals surface area contributed by atoms with Crippen LogP contribution in [0.2, 0.25) is 0 Å². The van der Waals surface area contributed by atoms with Crippen LogP contribution in [0.5, 0.6) is 0 Å². The van der Waals surface area contributed by atoms with Crippen LogP contribution in [-0.4, -0.2) is 44.6 Å². The SMILES string of the molecule is COC(C)CN(C)S(=O)(=O)c1cc(CO)sc1Br. The van der Waals surface area contributed by atoms with Gasteiger partial charge in [-0.1, -0.05) is 0 Å². The number of rotatable bonds is 6. The molecule has 0 bridgehead atoms. The number of hydrogen-bond donors (Lipinski definition) is 1. The predicted octanol–water partition coefficient (Wildman–Crippen LogP) is 1.66. The predicted molar refractivity (Wildman–Crippen MR) is 74.2 cm³/mol. The monoisotopic (exact) mass is 357 g/mol. The summed E-state index contributed by atoms with van der Waals surface area (Å²) in [7, 11) is -0.514. The van der Waals surface area contributed by atoms with Gasteiger partial charge < -0.3 is 9.84 Å². The number of methoxy groups -OCH3 is 1. The first kappa shape index (κ1) is 16.1. The van der Waals surface area contributed by atoms with Crippen molar-refractivity contribution in [2.75, 3.05) is 20.7 Å². The Morgan fingerprint density at radius 1 is 1.61 bits per heavy atom. The second kappa shape index (κ2) is 6.44. The summed E-state index contributed by atoms with van der Waals surface area (Å²) in [5.74, 6) is 0. The van der Waals surface area contributed by atoms with E-state index in [-0.39, 0.29) is 24.2 Å². The van der Waals surface area contributed by atoms with Gasteiger partial charge in [-0.15, -0.1) is 11.3 Å². The highest BCUT2D eigenvalue weighted by atomic mass is 79.9. The van der Waals surface area contributed by atoms with Crippen LogP contribution in [0.15, 0.2) is 14.7 Å². The Morgan fingerprint density at radius 3 is 2.67 bits per heavy atom. The molecular formula is C10H16BrNO4S2. The molecule has 1 aromatic heterocycles. The zero-order chi connectivity index (χ0) is 13.9. The lowest BCUT2D eigenvalue weighted by molar-refractivity contribution is 0.104. The molecule has 5 nitrogen and oxygen atoms in total. The zero-order valence-corrected chi connectivity index (χ0v) is 13.6. The number of halogens is 1. The summed E-state index contributed by atoms with van der Waals surface area (Å²) in [6.45, 7) is 1.90. The molecule has 0 radical (unpaired) electrons. The molecule has 1 N–H and O–H groups in total. The average molecular weight is 358 g/mol. The van der Waals surface area contributed by atoms with Crippen LogP contribution >= 0.6 is 27.3 Å². The molecule has 8 heteroatoms. The number of aliphatic hydroxyl groups is 1. The standard InChI is InChI=1S/C10H16BrNO4S2/c1-7(16-3)5-12(2)18(14,15)9-4-8(6-13)17-10(9)11/h4,7,13H,5-6H2,1-3H3. The average Bonchev–Trinajstić information content (AvgIpc) is 2.70. The van der Waals surface area contributed by atoms with Gasteiger partial charge in [0.2, 0.25) is 10.0 Å². The molecule has 1 aromatic rings. The quantitative estimate of drug-likeness (QED) is 0.840. The summed E-state index contributed by atoms with van der Waals surface area (Å²) in [4.78, 5) is 0.788. The number of aliphatic hydroxyl groups excluding tert-OH is 1. The summed E-state index contributed by atoms with van der Waals surface area (Å²) in [6, 6.07) is 1.48. The van der Waals surface area contributed by atoms with Crippen molar-refractivity contribution in [3.63, 3.8) is 0 Å². The lowest BCUT2D eigenvalue weighted by Gasteiger charge is -2.20. The van der Waals surface area contributed by atoms with Gasteiger partial charge >= 0.3 is 0 Å². The summed E-state index contributed by atoms with van der Waals surface area (Å²) >= 11 is 4.43. The van der Waals surface area contributed by atoms with Crippen LogP contribution in [0.25, 0.3) is 0 Å². The number of hydrogen-bond acceptors (Lipinski definition) is 5. The fraction of sp³-hybridized carbons (Fsp3) is 0.600. The fourth-order valence-electron chi connectivity index (χ4n) is 1.35. The Labute approximate surface area is 120 Å². The lowest BCUT2D eigenvalue weighted by atomic mass is 10.4. The maximum Gasteiger partial charge on any atom is 0.244 e. The highest BCUT2D eigenvalue weighted by Crippen LogP contribution is 2.33. The normalized spacial score (nSPS) is 14.1. The second-order valence-corrected chi connectivity index (χ2v) is 8.31. The van der Waals surface area contributed by atoms with Crippen molar-refractivity contribution in [1.29, 1.82) is 0 Å². The number of likely N-dealkylation sites (N-methyl/N-ethyl adjacent to an activating group) is 1. The van der Waals surface area contributed by atoms with Crippen LogP contribution in [0, 0.1) is 0 Å². The van der Waals surface area contributed by atoms with Gasteiger partial charge in [0.25, 0.3) is 0 Å². The molecule has 0 saturated heterocycles. The maximum atomic E-state index is 12.3. The van der Waals surface area contributed by atoms with Gasteiger partial charge in [0, 0.05) is 25.6 Å². The number of nitrogens with zero attached hydrogens (tertiary/aromatic N) is 1. The van der Waals surface area contributed by atoms with E-state index in [1.807, 2.05) is 0 Å². The molecule has 0 amide bonds. The van der Waals surface area contributed by atoms with Gasteiger partial charge in [-0.2, -0.15) is 4.31 Å². The minimum absolute atomic E-state index is 0.170. The van der Waals surface area contributed by atoms with Gasteiger partial charge in [-0.25, -0.2) is 8.42 Å². The number of ether oxygens (including phenoxy) is 1. The van der Waals surface area contributed by atoms with Crippen molar-refractivity contribution in [1.82, 2.24) is 4.31 Å². The van der Waals surface area contributed by atoms with Crippen LogP contribution in [0.4, 0.5) is 0 Å². The Hall–Kier alpha value is 0.01000. The topological polar surface area (TPSA) is 66.8 Å². The third-order valence-electron chi connectivity index (χ3n) is 2.47. The van der Waals surface area contributed by atoms with Crippen molar-refractivity contribution >= 4 is 37.3 Å². The fourth-order valence-corrected chi connectivity index (χ4v) is 5.09. The van der Waals surface area contributed by atoms with E-state index in [9.17, 15) is 8.42 Å². The Balaban J connectivity index is 3.01. The van der Waals surface area contributed by atoms with E-state index in [0.29, 0.717) is 8.66 Å². The van der Waals surface area contributed by atoms with Gasteiger partial charge in [-0.05, 0) is 28.9 Å². The van der Waals surface area contributed by atoms with E-state index in [2.05, 4.69) is 15.9 Å².